The Balaban J connectivity index is 2.52. The molecule has 0 N–H and O–H groups in total. The largest absolute Gasteiger partial charge is 0.289 e. The van der Waals surface area contributed by atoms with Crippen LogP contribution in [0, 0.1) is 0 Å². The van der Waals surface area contributed by atoms with Crippen LogP contribution in [0.2, 0.25) is 0 Å². The van der Waals surface area contributed by atoms with Gasteiger partial charge in [-0.25, -0.2) is 0 Å². The normalized spacial score (nSPS) is 22.9. The van der Waals surface area contributed by atoms with Crippen LogP contribution >= 0.6 is 28.3 Å². The van der Waals surface area contributed by atoms with Crippen molar-refractivity contribution in [1.82, 2.24) is 0 Å². The second-order valence-electron chi connectivity index (χ2n) is 2.44. The van der Waals surface area contributed by atoms with E-state index in [0.717, 1.165) is 25.7 Å². The van der Waals surface area contributed by atoms with Crippen molar-refractivity contribution < 1.29 is 4.57 Å². The van der Waals surface area contributed by atoms with Gasteiger partial charge in [0.2, 0.25) is 0 Å². The average Bonchev–Trinajstić information content (AvgIpc) is 2.08. The van der Waals surface area contributed by atoms with Crippen LogP contribution in [0.1, 0.15) is 25.7 Å². The van der Waals surface area contributed by atoms with Crippen LogP contribution in [0.15, 0.2) is 0 Å². The van der Waals surface area contributed by atoms with Crippen molar-refractivity contribution in [2.45, 2.75) is 31.3 Å². The summed E-state index contributed by atoms with van der Waals surface area (Å²) in [5, 5.41) is 0. The standard InChI is InChI=1S/C5H9Cl2OP/c6-9(7,8)5-3-1-2-4-5/h5H,1-4H2. The maximum Gasteiger partial charge on any atom is 0.256 e. The van der Waals surface area contributed by atoms with Gasteiger partial charge < -0.3 is 0 Å². The second-order valence-corrected chi connectivity index (χ2v) is 7.71. The predicted octanol–water partition coefficient (Wildman–Crippen LogP) is 3.60. The first kappa shape index (κ1) is 7.91. The molecule has 0 heterocycles. The molecule has 0 aliphatic heterocycles. The molecule has 0 aromatic rings. The van der Waals surface area contributed by atoms with Gasteiger partial charge in [0.05, 0.1) is 0 Å². The second kappa shape index (κ2) is 2.82. The quantitative estimate of drug-likeness (QED) is 0.573. The summed E-state index contributed by atoms with van der Waals surface area (Å²) in [4.78, 5) is 0. The molecule has 1 aliphatic rings. The summed E-state index contributed by atoms with van der Waals surface area (Å²) in [6.07, 6.45) is 4.16. The van der Waals surface area contributed by atoms with E-state index < -0.39 is 5.85 Å². The Kier molecular flexibility index (Phi) is 2.48. The Morgan fingerprint density at radius 1 is 1.22 bits per heavy atom. The molecule has 0 saturated heterocycles. The van der Waals surface area contributed by atoms with Crippen molar-refractivity contribution in [3.8, 4) is 0 Å². The highest BCUT2D eigenvalue weighted by atomic mass is 35.9. The van der Waals surface area contributed by atoms with Crippen LogP contribution in [0.3, 0.4) is 0 Å². The predicted molar refractivity (Wildman–Crippen MR) is 41.6 cm³/mol. The van der Waals surface area contributed by atoms with E-state index in [1.807, 2.05) is 0 Å². The maximum atomic E-state index is 10.9. The number of halogens is 2. The van der Waals surface area contributed by atoms with E-state index in [-0.39, 0.29) is 5.66 Å². The fourth-order valence-electron chi connectivity index (χ4n) is 1.20. The number of rotatable bonds is 1. The SMILES string of the molecule is O=P(Cl)(Cl)C1CCCC1. The lowest BCUT2D eigenvalue weighted by atomic mass is 10.4. The van der Waals surface area contributed by atoms with Crippen molar-refractivity contribution in [1.29, 1.82) is 0 Å². The lowest BCUT2D eigenvalue weighted by Crippen LogP contribution is -1.92. The summed E-state index contributed by atoms with van der Waals surface area (Å²) in [6, 6.07) is 0. The van der Waals surface area contributed by atoms with Crippen LogP contribution in [0.5, 0.6) is 0 Å². The minimum atomic E-state index is -2.77. The zero-order chi connectivity index (χ0) is 6.91. The molecular weight excluding hydrogens is 178 g/mol. The molecule has 0 aromatic heterocycles. The van der Waals surface area contributed by atoms with Crippen molar-refractivity contribution in [2.75, 3.05) is 0 Å². The first-order chi connectivity index (χ1) is 4.11. The molecule has 1 aliphatic carbocycles. The van der Waals surface area contributed by atoms with E-state index in [1.165, 1.54) is 0 Å². The Morgan fingerprint density at radius 2 is 1.67 bits per heavy atom. The van der Waals surface area contributed by atoms with Crippen LogP contribution in [-0.2, 0) is 4.57 Å². The van der Waals surface area contributed by atoms with Gasteiger partial charge >= 0.3 is 0 Å². The molecule has 1 saturated carbocycles. The van der Waals surface area contributed by atoms with Crippen molar-refractivity contribution in [3.63, 3.8) is 0 Å². The summed E-state index contributed by atoms with van der Waals surface area (Å²) in [7, 11) is 0. The number of hydrogen-bond donors (Lipinski definition) is 0. The van der Waals surface area contributed by atoms with Crippen LogP contribution in [0.25, 0.3) is 0 Å². The van der Waals surface area contributed by atoms with Crippen LogP contribution in [-0.4, -0.2) is 5.66 Å². The maximum absolute atomic E-state index is 10.9. The van der Waals surface area contributed by atoms with Crippen molar-refractivity contribution in [3.05, 3.63) is 0 Å². The molecule has 0 atom stereocenters. The zero-order valence-electron chi connectivity index (χ0n) is 5.02. The monoisotopic (exact) mass is 186 g/mol. The molecule has 0 bridgehead atoms. The summed E-state index contributed by atoms with van der Waals surface area (Å²) >= 11 is 10.9. The minimum absolute atomic E-state index is 0.0980. The Hall–Kier alpha value is 0.810. The fourth-order valence-corrected chi connectivity index (χ4v) is 3.34. The smallest absolute Gasteiger partial charge is 0.256 e. The lowest BCUT2D eigenvalue weighted by molar-refractivity contribution is 0.583. The molecule has 0 radical (unpaired) electrons. The van der Waals surface area contributed by atoms with Gasteiger partial charge in [0.25, 0.3) is 5.85 Å². The highest BCUT2D eigenvalue weighted by Crippen LogP contribution is 2.64. The van der Waals surface area contributed by atoms with Gasteiger partial charge in [-0.1, -0.05) is 12.8 Å². The molecule has 0 unspecified atom stereocenters. The van der Waals surface area contributed by atoms with E-state index in [4.69, 9.17) is 22.5 Å². The van der Waals surface area contributed by atoms with Crippen molar-refractivity contribution in [2.24, 2.45) is 0 Å². The molecular formula is C5H9Cl2OP. The fraction of sp³-hybridized carbons (Fsp3) is 1.00. The highest BCUT2D eigenvalue weighted by Gasteiger charge is 2.30. The third kappa shape index (κ3) is 2.14. The van der Waals surface area contributed by atoms with Crippen molar-refractivity contribution >= 4 is 28.3 Å². The molecule has 9 heavy (non-hydrogen) atoms. The van der Waals surface area contributed by atoms with Gasteiger partial charge in [-0.15, -0.1) is 0 Å². The van der Waals surface area contributed by atoms with E-state index in [0.29, 0.717) is 0 Å². The summed E-state index contributed by atoms with van der Waals surface area (Å²) in [5.41, 5.74) is 0.0980. The molecule has 1 fully saturated rings. The van der Waals surface area contributed by atoms with E-state index in [9.17, 15) is 4.57 Å². The van der Waals surface area contributed by atoms with E-state index in [2.05, 4.69) is 0 Å². The average molecular weight is 187 g/mol. The molecule has 0 amide bonds. The zero-order valence-corrected chi connectivity index (χ0v) is 7.42. The number of hydrogen-bond acceptors (Lipinski definition) is 1. The van der Waals surface area contributed by atoms with E-state index in [1.54, 1.807) is 0 Å². The first-order valence-corrected chi connectivity index (χ1v) is 6.68. The molecule has 4 heteroatoms. The lowest BCUT2D eigenvalue weighted by Gasteiger charge is -2.07. The van der Waals surface area contributed by atoms with Gasteiger partial charge in [0.15, 0.2) is 0 Å². The summed E-state index contributed by atoms with van der Waals surface area (Å²) in [5.74, 6) is -2.77. The third-order valence-electron chi connectivity index (χ3n) is 1.75. The molecule has 0 aromatic carbocycles. The minimum Gasteiger partial charge on any atom is -0.289 e. The summed E-state index contributed by atoms with van der Waals surface area (Å²) < 4.78 is 10.9. The van der Waals surface area contributed by atoms with E-state index >= 15 is 0 Å². The Morgan fingerprint density at radius 3 is 1.89 bits per heavy atom. The highest BCUT2D eigenvalue weighted by molar-refractivity contribution is 8.09. The topological polar surface area (TPSA) is 17.1 Å². The Labute approximate surface area is 64.7 Å². The van der Waals surface area contributed by atoms with Crippen LogP contribution in [0.4, 0.5) is 0 Å². The van der Waals surface area contributed by atoms with Gasteiger partial charge in [-0.2, -0.15) is 0 Å². The molecule has 0 spiro atoms. The van der Waals surface area contributed by atoms with Gasteiger partial charge in [-0.05, 0) is 35.3 Å². The van der Waals surface area contributed by atoms with Gasteiger partial charge in [0, 0.05) is 5.66 Å². The Bertz CT molecular complexity index is 136. The first-order valence-electron chi connectivity index (χ1n) is 3.10. The third-order valence-corrected chi connectivity index (χ3v) is 4.77. The molecule has 1 nitrogen and oxygen atoms in total. The van der Waals surface area contributed by atoms with Crippen LogP contribution < -0.4 is 0 Å². The van der Waals surface area contributed by atoms with Gasteiger partial charge in [0.1, 0.15) is 0 Å². The summed E-state index contributed by atoms with van der Waals surface area (Å²) in [6.45, 7) is 0. The molecule has 1 rings (SSSR count). The van der Waals surface area contributed by atoms with Gasteiger partial charge in [-0.3, -0.25) is 4.57 Å². The molecule has 54 valence electrons.